The van der Waals surface area contributed by atoms with Crippen LogP contribution in [0.25, 0.3) is 12.7 Å². The molecule has 0 spiro atoms. The number of hydrogen-bond donors (Lipinski definition) is 0. The van der Waals surface area contributed by atoms with Crippen LogP contribution in [0.2, 0.25) is 0 Å². The third kappa shape index (κ3) is 3.14. The lowest BCUT2D eigenvalue weighted by atomic mass is 10.5. The van der Waals surface area contributed by atoms with Crippen LogP contribution >= 0.6 is 11.3 Å². The largest absolute Gasteiger partial charge is 0.245 e. The van der Waals surface area contributed by atoms with Gasteiger partial charge in [0, 0.05) is 4.53 Å². The molecule has 0 radical (unpaired) electrons. The van der Waals surface area contributed by atoms with Crippen molar-refractivity contribution in [2.45, 2.75) is 13.8 Å². The van der Waals surface area contributed by atoms with Gasteiger partial charge >= 0.3 is 0 Å². The molecule has 0 unspecified atom stereocenters. The van der Waals surface area contributed by atoms with Gasteiger partial charge in [0.1, 0.15) is 0 Å². The fourth-order valence-electron chi connectivity index (χ4n) is 0.527. The minimum Gasteiger partial charge on any atom is -0.245 e. The summed E-state index contributed by atoms with van der Waals surface area (Å²) in [6.45, 7) is 11.3. The second-order valence-electron chi connectivity index (χ2n) is 1.56. The summed E-state index contributed by atoms with van der Waals surface area (Å²) < 4.78 is 0.995. The zero-order chi connectivity index (χ0) is 8.69. The van der Waals surface area contributed by atoms with Gasteiger partial charge in [-0.25, -0.2) is 4.98 Å². The fraction of sp³-hybridized carbons (Fsp3) is 0.222. The van der Waals surface area contributed by atoms with Gasteiger partial charge in [-0.1, -0.05) is 33.1 Å². The summed E-state index contributed by atoms with van der Waals surface area (Å²) in [7, 11) is 0. The number of thiazole rings is 1. The monoisotopic (exact) mass is 167 g/mol. The molecule has 0 amide bonds. The highest BCUT2D eigenvalue weighted by molar-refractivity contribution is 7.07. The maximum Gasteiger partial charge on any atom is 0.0805 e. The van der Waals surface area contributed by atoms with Crippen LogP contribution in [0.5, 0.6) is 0 Å². The first-order valence-corrected chi connectivity index (χ1v) is 4.44. The van der Waals surface area contributed by atoms with Gasteiger partial charge in [-0.3, -0.25) is 0 Å². The van der Waals surface area contributed by atoms with Gasteiger partial charge in [0.2, 0.25) is 0 Å². The van der Waals surface area contributed by atoms with Crippen molar-refractivity contribution in [1.82, 2.24) is 4.98 Å². The van der Waals surface area contributed by atoms with E-state index in [2.05, 4.69) is 18.1 Å². The number of hydrogen-bond acceptors (Lipinski definition) is 2. The predicted molar refractivity (Wildman–Crippen MR) is 52.9 cm³/mol. The van der Waals surface area contributed by atoms with E-state index in [-0.39, 0.29) is 0 Å². The Hall–Kier alpha value is -0.890. The molecule has 1 nitrogen and oxygen atoms in total. The van der Waals surface area contributed by atoms with Gasteiger partial charge in [-0.2, -0.15) is 0 Å². The van der Waals surface area contributed by atoms with Gasteiger partial charge in [0.05, 0.1) is 10.9 Å². The lowest BCUT2D eigenvalue weighted by Crippen LogP contribution is -2.17. The van der Waals surface area contributed by atoms with Gasteiger partial charge < -0.3 is 0 Å². The summed E-state index contributed by atoms with van der Waals surface area (Å²) in [6.07, 6.45) is 3.56. The highest BCUT2D eigenvalue weighted by atomic mass is 32.1. The Morgan fingerprint density at radius 3 is 2.55 bits per heavy atom. The Morgan fingerprint density at radius 1 is 1.55 bits per heavy atom. The van der Waals surface area contributed by atoms with Crippen LogP contribution in [-0.2, 0) is 0 Å². The number of rotatable bonds is 1. The smallest absolute Gasteiger partial charge is 0.0805 e. The molecule has 0 fully saturated rings. The molecule has 1 aromatic rings. The number of aromatic nitrogens is 1. The van der Waals surface area contributed by atoms with Crippen LogP contribution in [0.1, 0.15) is 13.8 Å². The summed E-state index contributed by atoms with van der Waals surface area (Å²) >= 11 is 1.54. The molecule has 0 saturated heterocycles. The van der Waals surface area contributed by atoms with Gasteiger partial charge in [0.25, 0.3) is 0 Å². The zero-order valence-corrected chi connectivity index (χ0v) is 7.82. The Bertz CT molecular complexity index is 298. The second kappa shape index (κ2) is 5.86. The molecule has 1 heterocycles. The third-order valence-electron chi connectivity index (χ3n) is 0.948. The molecule has 1 rings (SSSR count). The molecule has 0 aliphatic rings. The quantitative estimate of drug-likeness (QED) is 0.618. The van der Waals surface area contributed by atoms with Gasteiger partial charge in [0.15, 0.2) is 0 Å². The van der Waals surface area contributed by atoms with E-state index in [9.17, 15) is 0 Å². The van der Waals surface area contributed by atoms with Crippen molar-refractivity contribution in [3.8, 4) is 0 Å². The second-order valence-corrected chi connectivity index (χ2v) is 2.50. The minimum absolute atomic E-state index is 0.926. The highest BCUT2D eigenvalue weighted by Crippen LogP contribution is 1.73. The summed E-state index contributed by atoms with van der Waals surface area (Å²) in [4.78, 5) is 4.03. The molecule has 0 atom stereocenters. The van der Waals surface area contributed by atoms with Crippen LogP contribution in [0.4, 0.5) is 0 Å². The minimum atomic E-state index is 0.926. The normalized spacial score (nSPS) is 10.2. The SMILES string of the molecule is C=C/C=c1/ncsc1=C.CC. The maximum atomic E-state index is 4.03. The van der Waals surface area contributed by atoms with Gasteiger partial charge in [-0.15, -0.1) is 11.3 Å². The first kappa shape index (κ1) is 10.1. The van der Waals surface area contributed by atoms with E-state index >= 15 is 0 Å². The molecule has 1 aromatic heterocycles. The summed E-state index contributed by atoms with van der Waals surface area (Å²) in [5.41, 5.74) is 1.78. The third-order valence-corrected chi connectivity index (χ3v) is 1.65. The van der Waals surface area contributed by atoms with E-state index in [0.29, 0.717) is 0 Å². The Morgan fingerprint density at radius 2 is 2.18 bits per heavy atom. The zero-order valence-electron chi connectivity index (χ0n) is 7.00. The standard InChI is InChI=1S/C7H7NS.C2H6/c1-3-4-7-6(2)9-5-8-7;1-2/h3-5H,1-2H2;1-2H3/b7-4+;. The first-order valence-electron chi connectivity index (χ1n) is 3.56. The van der Waals surface area contributed by atoms with Crippen LogP contribution in [0.3, 0.4) is 0 Å². The molecule has 0 aliphatic carbocycles. The van der Waals surface area contributed by atoms with Crippen LogP contribution in [-0.4, -0.2) is 4.98 Å². The fourth-order valence-corrected chi connectivity index (χ4v) is 1.06. The van der Waals surface area contributed by atoms with Crippen molar-refractivity contribution in [1.29, 1.82) is 0 Å². The molecule has 0 aliphatic heterocycles. The van der Waals surface area contributed by atoms with Gasteiger partial charge in [-0.05, 0) is 6.08 Å². The van der Waals surface area contributed by atoms with Crippen molar-refractivity contribution in [2.75, 3.05) is 0 Å². The molecule has 2 heteroatoms. The van der Waals surface area contributed by atoms with Crippen LogP contribution in [0, 0.1) is 0 Å². The Labute approximate surface area is 71.4 Å². The molecular weight excluding hydrogens is 154 g/mol. The average Bonchev–Trinajstić information content (AvgIpc) is 2.42. The van der Waals surface area contributed by atoms with Crippen LogP contribution in [0.15, 0.2) is 18.2 Å². The Balaban J connectivity index is 0.000000461. The number of allylic oxidation sites excluding steroid dienone is 1. The summed E-state index contributed by atoms with van der Waals surface area (Å²) in [5, 5.41) is 0.926. The highest BCUT2D eigenvalue weighted by Gasteiger charge is 1.79. The molecule has 11 heavy (non-hydrogen) atoms. The molecule has 0 saturated carbocycles. The first-order chi connectivity index (χ1) is 5.34. The van der Waals surface area contributed by atoms with E-state index in [1.165, 1.54) is 0 Å². The van der Waals surface area contributed by atoms with E-state index in [1.807, 2.05) is 19.9 Å². The summed E-state index contributed by atoms with van der Waals surface area (Å²) in [5.74, 6) is 0. The van der Waals surface area contributed by atoms with E-state index in [0.717, 1.165) is 9.88 Å². The van der Waals surface area contributed by atoms with E-state index < -0.39 is 0 Å². The number of nitrogens with zero attached hydrogens (tertiary/aromatic N) is 1. The molecule has 0 bridgehead atoms. The van der Waals surface area contributed by atoms with Crippen molar-refractivity contribution < 1.29 is 0 Å². The molecule has 0 N–H and O–H groups in total. The van der Waals surface area contributed by atoms with Crippen molar-refractivity contribution in [3.63, 3.8) is 0 Å². The molecule has 0 aromatic carbocycles. The topological polar surface area (TPSA) is 12.9 Å². The van der Waals surface area contributed by atoms with Crippen molar-refractivity contribution in [2.24, 2.45) is 0 Å². The van der Waals surface area contributed by atoms with Crippen LogP contribution < -0.4 is 9.88 Å². The van der Waals surface area contributed by atoms with Crippen molar-refractivity contribution in [3.05, 3.63) is 28.0 Å². The van der Waals surface area contributed by atoms with E-state index in [4.69, 9.17) is 0 Å². The molecular formula is C9H13NS. The Kier molecular flexibility index (Phi) is 5.39. The average molecular weight is 167 g/mol. The lowest BCUT2D eigenvalue weighted by molar-refractivity contribution is 1.32. The lowest BCUT2D eigenvalue weighted by Gasteiger charge is -1.67. The van der Waals surface area contributed by atoms with E-state index in [1.54, 1.807) is 22.9 Å². The predicted octanol–water partition coefficient (Wildman–Crippen LogP) is 1.55. The molecule has 60 valence electrons. The summed E-state index contributed by atoms with van der Waals surface area (Å²) in [6, 6.07) is 0. The maximum absolute atomic E-state index is 4.03. The van der Waals surface area contributed by atoms with Crippen molar-refractivity contribution >= 4 is 24.0 Å².